The van der Waals surface area contributed by atoms with Crippen LogP contribution >= 0.6 is 0 Å². The van der Waals surface area contributed by atoms with Crippen LogP contribution in [0.25, 0.3) is 0 Å². The molecule has 0 heterocycles. The molecule has 12 atom stereocenters. The Labute approximate surface area is 407 Å². The van der Waals surface area contributed by atoms with Gasteiger partial charge in [-0.1, -0.05) is 60.8 Å². The SMILES string of the molecule is CC(C)N.CC(N)CCCCN.CC(N)CCCN=C(N)N.CCC(C)N.CCC[C@H](O)[C@@H](O)[C@H](O)[C@H](C)CC.CN=C(N)NC(=N)N(C)C.NC1C(O)CC(CO)C(O)C1O.O=C=O.O=C=O. The molecular formula is C43H102N14O11. The van der Waals surface area contributed by atoms with Gasteiger partial charge in [-0.25, -0.2) is 0 Å². The Morgan fingerprint density at radius 2 is 1.19 bits per heavy atom. The number of nitrogens with one attached hydrogen (secondary N) is 2. The molecule has 0 aromatic rings. The maximum atomic E-state index is 9.57. The van der Waals surface area contributed by atoms with E-state index >= 15 is 0 Å². The first-order valence-corrected chi connectivity index (χ1v) is 22.9. The number of nitrogens with zero attached hydrogens (tertiary/aromatic N) is 3. The molecule has 25 heteroatoms. The normalized spacial score (nSPS) is 19.6. The van der Waals surface area contributed by atoms with E-state index < -0.39 is 48.6 Å². The molecule has 0 aromatic heterocycles. The molecule has 410 valence electrons. The Bertz CT molecular complexity index is 1190. The highest BCUT2D eigenvalue weighted by Gasteiger charge is 2.40. The van der Waals surface area contributed by atoms with Gasteiger partial charge < -0.3 is 92.2 Å². The molecule has 1 aliphatic rings. The summed E-state index contributed by atoms with van der Waals surface area (Å²) >= 11 is 0. The number of aliphatic imine (C=N–C) groups is 2. The topological polar surface area (TPSA) is 508 Å². The molecule has 0 amide bonds. The zero-order chi connectivity index (χ0) is 55.5. The van der Waals surface area contributed by atoms with Crippen LogP contribution in [-0.4, -0.2) is 178 Å². The van der Waals surface area contributed by atoms with Crippen molar-refractivity contribution in [2.24, 2.45) is 73.4 Å². The Hall–Kier alpha value is -3.75. The van der Waals surface area contributed by atoms with E-state index in [2.05, 4.69) is 22.2 Å². The van der Waals surface area contributed by atoms with Gasteiger partial charge in [-0.3, -0.25) is 20.7 Å². The molecule has 0 bridgehead atoms. The van der Waals surface area contributed by atoms with Crippen LogP contribution in [0.3, 0.4) is 0 Å². The third-order valence-corrected chi connectivity index (χ3v) is 8.81. The largest absolute Gasteiger partial charge is 0.396 e. The minimum atomic E-state index is -1.15. The fraction of sp³-hybridized carbons (Fsp3) is 0.884. The Morgan fingerprint density at radius 1 is 0.765 bits per heavy atom. The zero-order valence-electron chi connectivity index (χ0n) is 43.5. The number of guanidine groups is 3. The fourth-order valence-electron chi connectivity index (χ4n) is 4.32. The molecular weight excluding hydrogens is 889 g/mol. The van der Waals surface area contributed by atoms with E-state index in [0.29, 0.717) is 31.1 Å². The highest BCUT2D eigenvalue weighted by atomic mass is 16.4. The third-order valence-electron chi connectivity index (χ3n) is 8.81. The zero-order valence-corrected chi connectivity index (χ0v) is 43.5. The van der Waals surface area contributed by atoms with Gasteiger partial charge in [0.1, 0.15) is 6.10 Å². The van der Waals surface area contributed by atoms with Crippen LogP contribution in [0.4, 0.5) is 0 Å². The summed E-state index contributed by atoms with van der Waals surface area (Å²) in [5.74, 6) is 0.183. The molecule has 8 unspecified atom stereocenters. The van der Waals surface area contributed by atoms with Crippen molar-refractivity contribution in [2.45, 2.75) is 193 Å². The summed E-state index contributed by atoms with van der Waals surface area (Å²) in [5, 5.41) is 74.9. The van der Waals surface area contributed by atoms with Crippen LogP contribution in [-0.2, 0) is 19.2 Å². The average molecular weight is 991 g/mol. The van der Waals surface area contributed by atoms with Crippen molar-refractivity contribution in [1.29, 1.82) is 5.41 Å². The molecule has 1 aliphatic carbocycles. The fourth-order valence-corrected chi connectivity index (χ4v) is 4.32. The summed E-state index contributed by atoms with van der Waals surface area (Å²) in [7, 11) is 5.06. The molecule has 1 rings (SSSR count). The molecule has 0 aliphatic heterocycles. The lowest BCUT2D eigenvalue weighted by atomic mass is 9.80. The minimum absolute atomic E-state index is 0.0292. The standard InChI is InChI=1S/C10H22O3.C7H15NO4.C6H16N4.C6H16N2.C5H13N5.C4H11N.C3H9N.2CO2/c1-4-6-8(11)10(13)9(12)7(3)5-2;8-5-4(10)1-3(2-9)6(11)7(5)12;1-5(7)3-2-4-10-6(8)9;1-6(8)4-2-3-5-7;1-8-4(6)9-5(7)10(2)3;1-3-4(2)5;1-3(2)4;2*2-1-3/h7-13H,4-6H2,1-3H3;3-7,9-12H,1-2,8H2;5H,2-4,7H2,1H3,(H4,8,9,10);6H,2-5,7-8H2,1H3;1-3H3,(H4,6,7,8,9);4H,3,5H2,1-2H3;3H,4H2,1-2H3;;/t7-,8+,9-,10-;;;;;;;;/m1......../s1. The molecule has 1 saturated carbocycles. The smallest absolute Gasteiger partial charge is 0.373 e. The van der Waals surface area contributed by atoms with Gasteiger partial charge in [-0.15, -0.1) is 0 Å². The van der Waals surface area contributed by atoms with Crippen LogP contribution in [0.15, 0.2) is 9.98 Å². The molecule has 27 N–H and O–H groups in total. The van der Waals surface area contributed by atoms with E-state index in [1.54, 1.807) is 26.0 Å². The average Bonchev–Trinajstić information content (AvgIpc) is 3.26. The van der Waals surface area contributed by atoms with Crippen LogP contribution in [0.5, 0.6) is 0 Å². The molecule has 0 saturated heterocycles. The predicted molar refractivity (Wildman–Crippen MR) is 269 cm³/mol. The number of aliphatic hydroxyl groups excluding tert-OH is 7. The van der Waals surface area contributed by atoms with Crippen LogP contribution in [0.1, 0.15) is 127 Å². The monoisotopic (exact) mass is 991 g/mol. The van der Waals surface area contributed by atoms with Gasteiger partial charge in [0, 0.05) is 58.3 Å². The van der Waals surface area contributed by atoms with E-state index in [-0.39, 0.29) is 55.2 Å². The van der Waals surface area contributed by atoms with Gasteiger partial charge >= 0.3 is 12.3 Å². The second-order valence-corrected chi connectivity index (χ2v) is 16.5. The summed E-state index contributed by atoms with van der Waals surface area (Å²) in [6.07, 6.45) is 3.64. The molecule has 0 radical (unpaired) electrons. The first kappa shape index (κ1) is 81.2. The van der Waals surface area contributed by atoms with E-state index in [0.717, 1.165) is 51.5 Å². The van der Waals surface area contributed by atoms with Crippen LogP contribution in [0, 0.1) is 17.2 Å². The Kier molecular flexibility index (Phi) is 68.8. The molecule has 25 nitrogen and oxygen atoms in total. The molecule has 0 spiro atoms. The summed E-state index contributed by atoms with van der Waals surface area (Å²) < 4.78 is 0. The van der Waals surface area contributed by atoms with Gasteiger partial charge in [-0.05, 0) is 84.2 Å². The molecule has 0 aromatic carbocycles. The maximum Gasteiger partial charge on any atom is 0.373 e. The second-order valence-electron chi connectivity index (χ2n) is 16.5. The maximum absolute atomic E-state index is 9.57. The Morgan fingerprint density at radius 3 is 1.50 bits per heavy atom. The van der Waals surface area contributed by atoms with Crippen molar-refractivity contribution in [3.63, 3.8) is 0 Å². The number of unbranched alkanes of at least 4 members (excludes halogenated alkanes) is 1. The molecule has 1 fully saturated rings. The summed E-state index contributed by atoms with van der Waals surface area (Å²) in [5.41, 5.74) is 47.5. The third kappa shape index (κ3) is 66.5. The van der Waals surface area contributed by atoms with E-state index in [1.807, 2.05) is 55.4 Å². The van der Waals surface area contributed by atoms with Crippen LogP contribution < -0.4 is 56.9 Å². The van der Waals surface area contributed by atoms with Crippen molar-refractivity contribution in [3.05, 3.63) is 0 Å². The number of hydrogen-bond acceptors (Lipinski definition) is 20. The number of nitrogens with two attached hydrogens (primary N) is 9. The first-order chi connectivity index (χ1) is 31.4. The first-order valence-electron chi connectivity index (χ1n) is 22.9. The second kappa shape index (κ2) is 57.6. The van der Waals surface area contributed by atoms with Crippen molar-refractivity contribution in [2.75, 3.05) is 40.8 Å². The van der Waals surface area contributed by atoms with E-state index in [4.69, 9.17) is 81.3 Å². The van der Waals surface area contributed by atoms with Gasteiger partial charge in [-0.2, -0.15) is 19.2 Å². The predicted octanol–water partition coefficient (Wildman–Crippen LogP) is -2.88. The number of aliphatic hydroxyl groups is 7. The van der Waals surface area contributed by atoms with Gasteiger partial charge in [0.15, 0.2) is 17.9 Å². The van der Waals surface area contributed by atoms with E-state index in [1.165, 1.54) is 6.42 Å². The van der Waals surface area contributed by atoms with Crippen molar-refractivity contribution >= 4 is 30.2 Å². The quantitative estimate of drug-likeness (QED) is 0.0419. The number of rotatable bonds is 16. The van der Waals surface area contributed by atoms with Crippen LogP contribution in [0.2, 0.25) is 0 Å². The summed E-state index contributed by atoms with van der Waals surface area (Å²) in [4.78, 5) is 41.5. The number of hydrogen-bond donors (Lipinski definition) is 18. The van der Waals surface area contributed by atoms with Crippen molar-refractivity contribution < 1.29 is 54.9 Å². The minimum Gasteiger partial charge on any atom is -0.396 e. The highest BCUT2D eigenvalue weighted by Crippen LogP contribution is 2.24. The lowest BCUT2D eigenvalue weighted by molar-refractivity contribution is -0.193. The summed E-state index contributed by atoms with van der Waals surface area (Å²) in [6, 6.07) is 0.494. The van der Waals surface area contributed by atoms with Crippen molar-refractivity contribution in [1.82, 2.24) is 10.2 Å². The van der Waals surface area contributed by atoms with Crippen molar-refractivity contribution in [3.8, 4) is 0 Å². The van der Waals surface area contributed by atoms with Gasteiger partial charge in [0.2, 0.25) is 0 Å². The summed E-state index contributed by atoms with van der Waals surface area (Å²) in [6.45, 7) is 18.9. The number of carbonyl (C=O) groups excluding carboxylic acids is 4. The molecule has 68 heavy (non-hydrogen) atoms. The lowest BCUT2D eigenvalue weighted by Crippen LogP contribution is -2.58. The van der Waals surface area contributed by atoms with Gasteiger partial charge in [0.25, 0.3) is 0 Å². The van der Waals surface area contributed by atoms with E-state index in [9.17, 15) is 30.6 Å². The highest BCUT2D eigenvalue weighted by molar-refractivity contribution is 5.96. The van der Waals surface area contributed by atoms with Gasteiger partial charge in [0.05, 0.1) is 36.6 Å². The lowest BCUT2D eigenvalue weighted by Gasteiger charge is -2.38. The Balaban J connectivity index is -0.000000103.